The van der Waals surface area contributed by atoms with Gasteiger partial charge in [-0.05, 0) is 13.0 Å². The molecule has 0 unspecified atom stereocenters. The van der Waals surface area contributed by atoms with Crippen molar-refractivity contribution in [3.05, 3.63) is 29.7 Å². The van der Waals surface area contributed by atoms with Crippen molar-refractivity contribution < 1.29 is 17.7 Å². The molecule has 2 aromatic rings. The Hall–Kier alpha value is -2.32. The minimum Gasteiger partial charge on any atom is -0.396 e. The topological polar surface area (TPSA) is 89.9 Å². The summed E-state index contributed by atoms with van der Waals surface area (Å²) in [7, 11) is 0. The van der Waals surface area contributed by atoms with E-state index < -0.39 is 11.9 Å². The van der Waals surface area contributed by atoms with E-state index in [4.69, 9.17) is 10.3 Å². The highest BCUT2D eigenvalue weighted by atomic mass is 19.4. The molecule has 0 saturated heterocycles. The molecule has 19 heavy (non-hydrogen) atoms. The second kappa shape index (κ2) is 4.75. The molecule has 0 fully saturated rings. The first-order valence-electron chi connectivity index (χ1n) is 5.22. The van der Waals surface area contributed by atoms with E-state index in [1.807, 2.05) is 0 Å². The normalized spacial score (nSPS) is 11.6. The van der Waals surface area contributed by atoms with Gasteiger partial charge in [0.2, 0.25) is 5.89 Å². The summed E-state index contributed by atoms with van der Waals surface area (Å²) in [5.41, 5.74) is 4.73. The van der Waals surface area contributed by atoms with Crippen molar-refractivity contribution in [3.63, 3.8) is 0 Å². The fourth-order valence-corrected chi connectivity index (χ4v) is 1.36. The van der Waals surface area contributed by atoms with Crippen LogP contribution in [0.2, 0.25) is 0 Å². The number of nitrogen functional groups attached to an aromatic ring is 1. The third kappa shape index (κ3) is 3.12. The minimum atomic E-state index is -4.52. The summed E-state index contributed by atoms with van der Waals surface area (Å²) in [4.78, 5) is 7.14. The average Bonchev–Trinajstić information content (AvgIpc) is 2.72. The molecular formula is C10H10F3N5O. The highest BCUT2D eigenvalue weighted by molar-refractivity contribution is 5.65. The van der Waals surface area contributed by atoms with Crippen LogP contribution in [0, 0.1) is 6.92 Å². The van der Waals surface area contributed by atoms with Crippen LogP contribution in [0.4, 0.5) is 24.5 Å². The maximum absolute atomic E-state index is 12.5. The van der Waals surface area contributed by atoms with E-state index in [0.29, 0.717) is 5.82 Å². The summed E-state index contributed by atoms with van der Waals surface area (Å²) in [6.45, 7) is 1.71. The van der Waals surface area contributed by atoms with Gasteiger partial charge in [0.25, 0.3) is 0 Å². The fourth-order valence-electron chi connectivity index (χ4n) is 1.36. The lowest BCUT2D eigenvalue weighted by Gasteiger charge is -2.10. The van der Waals surface area contributed by atoms with Crippen LogP contribution in [0.1, 0.15) is 17.4 Å². The van der Waals surface area contributed by atoms with Crippen LogP contribution >= 0.6 is 0 Å². The van der Waals surface area contributed by atoms with Gasteiger partial charge < -0.3 is 15.6 Å². The number of alkyl halides is 3. The number of nitrogens with one attached hydrogen (secondary N) is 1. The van der Waals surface area contributed by atoms with Crippen LogP contribution < -0.4 is 11.1 Å². The summed E-state index contributed by atoms with van der Waals surface area (Å²) in [6.07, 6.45) is -3.57. The van der Waals surface area contributed by atoms with E-state index in [0.717, 1.165) is 12.3 Å². The summed E-state index contributed by atoms with van der Waals surface area (Å²) >= 11 is 0. The van der Waals surface area contributed by atoms with E-state index in [1.165, 1.54) is 0 Å². The molecule has 2 rings (SSSR count). The van der Waals surface area contributed by atoms with E-state index in [2.05, 4.69) is 20.4 Å². The molecule has 0 aliphatic carbocycles. The SMILES string of the molecule is Cc1noc(CNc2cc(C(F)(F)F)ncc2N)n1. The molecule has 0 saturated carbocycles. The Kier molecular flexibility index (Phi) is 3.28. The highest BCUT2D eigenvalue weighted by Gasteiger charge is 2.32. The Labute approximate surface area is 105 Å². The molecule has 0 bridgehead atoms. The quantitative estimate of drug-likeness (QED) is 0.888. The van der Waals surface area contributed by atoms with Gasteiger partial charge in [-0.2, -0.15) is 18.2 Å². The fraction of sp³-hybridized carbons (Fsp3) is 0.300. The van der Waals surface area contributed by atoms with Gasteiger partial charge in [0.15, 0.2) is 5.82 Å². The second-order valence-corrected chi connectivity index (χ2v) is 3.74. The molecule has 3 N–H and O–H groups in total. The van der Waals surface area contributed by atoms with E-state index in [-0.39, 0.29) is 23.8 Å². The number of halogens is 3. The third-order valence-corrected chi connectivity index (χ3v) is 2.22. The number of anilines is 2. The monoisotopic (exact) mass is 273 g/mol. The van der Waals surface area contributed by atoms with Gasteiger partial charge in [-0.1, -0.05) is 5.16 Å². The van der Waals surface area contributed by atoms with Crippen LogP contribution in [0.5, 0.6) is 0 Å². The Morgan fingerprint density at radius 1 is 1.42 bits per heavy atom. The first-order valence-corrected chi connectivity index (χ1v) is 5.22. The third-order valence-electron chi connectivity index (χ3n) is 2.22. The van der Waals surface area contributed by atoms with Crippen LogP contribution in [0.3, 0.4) is 0 Å². The molecule has 0 radical (unpaired) electrons. The van der Waals surface area contributed by atoms with Crippen LogP contribution in [0.25, 0.3) is 0 Å². The van der Waals surface area contributed by atoms with Crippen LogP contribution in [-0.2, 0) is 12.7 Å². The Morgan fingerprint density at radius 2 is 2.16 bits per heavy atom. The predicted octanol–water partition coefficient (Wildman–Crippen LogP) is 1.99. The van der Waals surface area contributed by atoms with Gasteiger partial charge in [-0.15, -0.1) is 0 Å². The van der Waals surface area contributed by atoms with E-state index >= 15 is 0 Å². The first-order chi connectivity index (χ1) is 8.86. The summed E-state index contributed by atoms with van der Waals surface area (Å²) in [5, 5.41) is 6.25. The van der Waals surface area contributed by atoms with Crippen molar-refractivity contribution >= 4 is 11.4 Å². The maximum Gasteiger partial charge on any atom is 0.433 e. The molecule has 6 nitrogen and oxygen atoms in total. The lowest BCUT2D eigenvalue weighted by molar-refractivity contribution is -0.141. The number of nitrogens with two attached hydrogens (primary N) is 1. The predicted molar refractivity (Wildman–Crippen MR) is 60.0 cm³/mol. The zero-order valence-corrected chi connectivity index (χ0v) is 9.82. The van der Waals surface area contributed by atoms with Crippen LogP contribution in [0.15, 0.2) is 16.8 Å². The lowest BCUT2D eigenvalue weighted by atomic mass is 10.2. The molecule has 2 heterocycles. The molecule has 0 amide bonds. The van der Waals surface area contributed by atoms with Crippen molar-refractivity contribution in [2.24, 2.45) is 0 Å². The smallest absolute Gasteiger partial charge is 0.396 e. The summed E-state index contributed by atoms with van der Waals surface area (Å²) in [6, 6.07) is 0.832. The Morgan fingerprint density at radius 3 is 2.74 bits per heavy atom. The molecule has 9 heteroatoms. The van der Waals surface area contributed by atoms with Gasteiger partial charge in [0.1, 0.15) is 5.69 Å². The summed E-state index contributed by atoms with van der Waals surface area (Å²) < 4.78 is 42.3. The number of pyridine rings is 1. The van der Waals surface area contributed by atoms with Crippen molar-refractivity contribution in [3.8, 4) is 0 Å². The Balaban J connectivity index is 2.15. The molecule has 0 spiro atoms. The highest BCUT2D eigenvalue weighted by Crippen LogP contribution is 2.31. The number of rotatable bonds is 3. The maximum atomic E-state index is 12.5. The van der Waals surface area contributed by atoms with Crippen molar-refractivity contribution in [2.75, 3.05) is 11.1 Å². The van der Waals surface area contributed by atoms with Gasteiger partial charge in [0, 0.05) is 0 Å². The van der Waals surface area contributed by atoms with Crippen molar-refractivity contribution in [1.82, 2.24) is 15.1 Å². The largest absolute Gasteiger partial charge is 0.433 e. The van der Waals surface area contributed by atoms with Gasteiger partial charge >= 0.3 is 6.18 Å². The van der Waals surface area contributed by atoms with E-state index in [9.17, 15) is 13.2 Å². The van der Waals surface area contributed by atoms with Gasteiger partial charge in [0.05, 0.1) is 24.1 Å². The number of aromatic nitrogens is 3. The molecule has 0 aliphatic heterocycles. The number of aryl methyl sites for hydroxylation is 1. The van der Waals surface area contributed by atoms with Crippen LogP contribution in [-0.4, -0.2) is 15.1 Å². The second-order valence-electron chi connectivity index (χ2n) is 3.74. The molecule has 2 aromatic heterocycles. The molecule has 102 valence electrons. The molecular weight excluding hydrogens is 263 g/mol. The minimum absolute atomic E-state index is 0.0757. The van der Waals surface area contributed by atoms with Crippen molar-refractivity contribution in [2.45, 2.75) is 19.6 Å². The number of hydrogen-bond donors (Lipinski definition) is 2. The molecule has 0 aliphatic rings. The molecule has 0 atom stereocenters. The van der Waals surface area contributed by atoms with E-state index in [1.54, 1.807) is 6.92 Å². The van der Waals surface area contributed by atoms with Gasteiger partial charge in [-0.25, -0.2) is 4.98 Å². The summed E-state index contributed by atoms with van der Waals surface area (Å²) in [5.74, 6) is 0.692. The van der Waals surface area contributed by atoms with Gasteiger partial charge in [-0.3, -0.25) is 0 Å². The molecule has 0 aromatic carbocycles. The standard InChI is InChI=1S/C10H10F3N5O/c1-5-17-9(19-18-5)4-15-7-2-8(10(11,12)13)16-3-6(7)14/h2-3H,4,14H2,1H3,(H,15,16). The Bertz CT molecular complexity index is 581. The zero-order valence-electron chi connectivity index (χ0n) is 9.82. The zero-order chi connectivity index (χ0) is 14.0. The number of nitrogens with zero attached hydrogens (tertiary/aromatic N) is 3. The van der Waals surface area contributed by atoms with Crippen molar-refractivity contribution in [1.29, 1.82) is 0 Å². The number of hydrogen-bond acceptors (Lipinski definition) is 6. The average molecular weight is 273 g/mol. The lowest BCUT2D eigenvalue weighted by Crippen LogP contribution is -2.11. The first kappa shape index (κ1) is 13.1.